The lowest BCUT2D eigenvalue weighted by atomic mass is 10.1. The Labute approximate surface area is 276 Å². The van der Waals surface area contributed by atoms with Crippen LogP contribution in [-0.2, 0) is 9.59 Å². The number of rotatable bonds is 8. The number of quaternary nitrogens is 1. The van der Waals surface area contributed by atoms with Crippen molar-refractivity contribution in [3.8, 4) is 22.6 Å². The molecule has 2 fully saturated rings. The fraction of sp³-hybridized carbons (Fsp3) is 0.286. The number of benzene rings is 3. The highest BCUT2D eigenvalue weighted by atomic mass is 32.2. The number of likely N-dealkylation sites (tertiary alicyclic amines) is 1. The van der Waals surface area contributed by atoms with Gasteiger partial charge in [-0.15, -0.1) is 11.8 Å². The molecule has 2 aliphatic heterocycles. The fourth-order valence-corrected chi connectivity index (χ4v) is 7.44. The second-order valence-electron chi connectivity index (χ2n) is 12.1. The van der Waals surface area contributed by atoms with E-state index >= 15 is 0 Å². The van der Waals surface area contributed by atoms with Crippen LogP contribution in [0.25, 0.3) is 33.5 Å². The van der Waals surface area contributed by atoms with E-state index in [0.29, 0.717) is 49.8 Å². The third kappa shape index (κ3) is 6.43. The van der Waals surface area contributed by atoms with Gasteiger partial charge in [-0.05, 0) is 79.1 Å². The van der Waals surface area contributed by atoms with Crippen LogP contribution in [0.5, 0.6) is 0 Å². The Hall–Kier alpha value is -4.81. The fourth-order valence-electron chi connectivity index (χ4n) is 6.54. The van der Waals surface area contributed by atoms with E-state index in [0.717, 1.165) is 52.3 Å². The molecule has 3 aromatic carbocycles. The van der Waals surface area contributed by atoms with Gasteiger partial charge in [0.05, 0.1) is 17.8 Å². The minimum atomic E-state index is -0.629. The van der Waals surface area contributed by atoms with Crippen molar-refractivity contribution < 1.29 is 18.9 Å². The predicted molar refractivity (Wildman–Crippen MR) is 183 cm³/mol. The zero-order valence-electron chi connectivity index (χ0n) is 26.1. The van der Waals surface area contributed by atoms with Crippen molar-refractivity contribution in [1.29, 1.82) is 0 Å². The van der Waals surface area contributed by atoms with E-state index in [9.17, 15) is 14.0 Å². The molecule has 12 heteroatoms. The van der Waals surface area contributed by atoms with Gasteiger partial charge in [0.1, 0.15) is 17.1 Å². The molecule has 2 amide bonds. The summed E-state index contributed by atoms with van der Waals surface area (Å²) in [7, 11) is 0. The summed E-state index contributed by atoms with van der Waals surface area (Å²) in [6.45, 7) is 4.58. The molecule has 2 atom stereocenters. The van der Waals surface area contributed by atoms with Crippen LogP contribution in [0.1, 0.15) is 6.42 Å². The van der Waals surface area contributed by atoms with E-state index in [1.165, 1.54) is 12.1 Å². The van der Waals surface area contributed by atoms with Gasteiger partial charge in [0.2, 0.25) is 5.91 Å². The van der Waals surface area contributed by atoms with Crippen molar-refractivity contribution >= 4 is 45.9 Å². The van der Waals surface area contributed by atoms with Crippen molar-refractivity contribution in [3.63, 3.8) is 0 Å². The average Bonchev–Trinajstić information content (AvgIpc) is 3.74. The second-order valence-corrected chi connectivity index (χ2v) is 13.3. The number of nitrogens with one attached hydrogen (secondary N) is 3. The standard InChI is InChI=1S/C35H35FN8O2S/c1-47-35(34(46)39-27-9-12-30-29(21-27)32(41-40-30)24-3-7-26(36)8-4-24)13-16-42(23-35)22-31(45)44-19-17-43(18-20-44)28-10-5-25(6-11-28)33-37-14-2-15-38-33/h2-12,14-15,21H,13,16-20,22-23H2,1H3,(H,39,46)(H,40,41)/p+1/t35-/m0/s1. The number of thioether (sulfide) groups is 1. The summed E-state index contributed by atoms with van der Waals surface area (Å²) in [4.78, 5) is 41.1. The first-order valence-corrected chi connectivity index (χ1v) is 17.0. The van der Waals surface area contributed by atoms with Gasteiger partial charge in [-0.2, -0.15) is 5.10 Å². The highest BCUT2D eigenvalue weighted by Crippen LogP contribution is 2.32. The average molecular weight is 652 g/mol. The van der Waals surface area contributed by atoms with Crippen LogP contribution in [-0.4, -0.2) is 93.7 Å². The first-order chi connectivity index (χ1) is 22.9. The van der Waals surface area contributed by atoms with Crippen LogP contribution in [0.15, 0.2) is 85.2 Å². The number of amides is 2. The lowest BCUT2D eigenvalue weighted by molar-refractivity contribution is -0.879. The van der Waals surface area contributed by atoms with Crippen LogP contribution < -0.4 is 15.1 Å². The van der Waals surface area contributed by atoms with Gasteiger partial charge >= 0.3 is 0 Å². The van der Waals surface area contributed by atoms with Gasteiger partial charge in [0.15, 0.2) is 12.4 Å². The molecular formula is C35H36FN8O2S+. The van der Waals surface area contributed by atoms with E-state index in [2.05, 4.69) is 42.5 Å². The molecule has 1 unspecified atom stereocenters. The number of piperazine rings is 1. The van der Waals surface area contributed by atoms with Crippen LogP contribution >= 0.6 is 11.8 Å². The lowest BCUT2D eigenvalue weighted by Crippen LogP contribution is -3.12. The number of carbonyl (C=O) groups is 2. The Morgan fingerprint density at radius 3 is 2.43 bits per heavy atom. The van der Waals surface area contributed by atoms with Gasteiger partial charge in [0.25, 0.3) is 5.91 Å². The first kappa shape index (κ1) is 30.8. The Morgan fingerprint density at radius 1 is 0.979 bits per heavy atom. The molecule has 10 nitrogen and oxygen atoms in total. The normalized spacial score (nSPS) is 19.7. The third-order valence-corrected chi connectivity index (χ3v) is 10.6. The lowest BCUT2D eigenvalue weighted by Gasteiger charge is -2.36. The van der Waals surface area contributed by atoms with Crippen LogP contribution in [0.4, 0.5) is 15.8 Å². The number of H-pyrrole nitrogens is 1. The van der Waals surface area contributed by atoms with E-state index in [4.69, 9.17) is 0 Å². The zero-order valence-corrected chi connectivity index (χ0v) is 26.9. The molecule has 2 aliphatic rings. The molecule has 2 aromatic heterocycles. The summed E-state index contributed by atoms with van der Waals surface area (Å²) < 4.78 is 12.9. The highest BCUT2D eigenvalue weighted by molar-refractivity contribution is 8.00. The topological polar surface area (TPSA) is 112 Å². The van der Waals surface area contributed by atoms with Gasteiger partial charge in [-0.25, -0.2) is 14.4 Å². The van der Waals surface area contributed by atoms with E-state index in [-0.39, 0.29) is 17.6 Å². The number of aromatic amines is 1. The molecule has 0 bridgehead atoms. The Balaban J connectivity index is 0.939. The molecule has 0 saturated carbocycles. The number of halogens is 1. The highest BCUT2D eigenvalue weighted by Gasteiger charge is 2.48. The van der Waals surface area contributed by atoms with Crippen molar-refractivity contribution in [3.05, 3.63) is 91.0 Å². The maximum atomic E-state index is 13.7. The molecule has 0 spiro atoms. The number of hydrogen-bond acceptors (Lipinski definition) is 7. The maximum Gasteiger partial charge on any atom is 0.277 e. The SMILES string of the molecule is CS[C@@]1(C(=O)Nc2ccc3[nH]nc(-c4ccc(F)cc4)c3c2)CC[NH+](CC(=O)N2CCN(c3ccc(-c4ncccn4)cc3)CC2)C1. The number of fused-ring (bicyclic) bond motifs is 1. The molecule has 47 heavy (non-hydrogen) atoms. The van der Waals surface area contributed by atoms with Crippen molar-refractivity contribution in [2.45, 2.75) is 11.2 Å². The number of hydrogen-bond donors (Lipinski definition) is 3. The summed E-state index contributed by atoms with van der Waals surface area (Å²) >= 11 is 1.55. The third-order valence-electron chi connectivity index (χ3n) is 9.25. The minimum Gasteiger partial charge on any atom is -0.368 e. The number of nitrogens with zero attached hydrogens (tertiary/aromatic N) is 5. The Kier molecular flexibility index (Phi) is 8.61. The van der Waals surface area contributed by atoms with E-state index in [1.807, 2.05) is 41.5 Å². The smallest absolute Gasteiger partial charge is 0.277 e. The first-order valence-electron chi connectivity index (χ1n) is 15.8. The summed E-state index contributed by atoms with van der Waals surface area (Å²) in [6.07, 6.45) is 6.14. The number of carbonyl (C=O) groups excluding carboxylic acids is 2. The molecule has 0 radical (unpaired) electrons. The van der Waals surface area contributed by atoms with Gasteiger partial charge in [-0.1, -0.05) is 0 Å². The summed E-state index contributed by atoms with van der Waals surface area (Å²) in [5, 5.41) is 11.4. The largest absolute Gasteiger partial charge is 0.368 e. The second kappa shape index (κ2) is 13.1. The molecule has 0 aliphatic carbocycles. The maximum absolute atomic E-state index is 13.7. The minimum absolute atomic E-state index is 0.0583. The molecule has 4 heterocycles. The van der Waals surface area contributed by atoms with E-state index < -0.39 is 4.75 Å². The Morgan fingerprint density at radius 2 is 1.70 bits per heavy atom. The van der Waals surface area contributed by atoms with Crippen molar-refractivity contribution in [2.24, 2.45) is 0 Å². The molecule has 7 rings (SSSR count). The van der Waals surface area contributed by atoms with Gasteiger partial charge < -0.3 is 20.0 Å². The summed E-state index contributed by atoms with van der Waals surface area (Å²) in [5.41, 5.74) is 5.08. The molecule has 3 N–H and O–H groups in total. The van der Waals surface area contributed by atoms with Gasteiger partial charge in [-0.3, -0.25) is 14.7 Å². The van der Waals surface area contributed by atoms with E-state index in [1.54, 1.807) is 42.4 Å². The van der Waals surface area contributed by atoms with Crippen LogP contribution in [0.2, 0.25) is 0 Å². The van der Waals surface area contributed by atoms with Gasteiger partial charge in [0, 0.05) is 72.9 Å². The van der Waals surface area contributed by atoms with Crippen LogP contribution in [0.3, 0.4) is 0 Å². The summed E-state index contributed by atoms with van der Waals surface area (Å²) in [6, 6.07) is 21.9. The summed E-state index contributed by atoms with van der Waals surface area (Å²) in [5.74, 6) is 0.470. The molecule has 240 valence electrons. The number of aromatic nitrogens is 4. The number of anilines is 2. The molecule has 2 saturated heterocycles. The van der Waals surface area contributed by atoms with Crippen LogP contribution in [0, 0.1) is 5.82 Å². The molecular weight excluding hydrogens is 616 g/mol. The Bertz CT molecular complexity index is 1880. The molecule has 5 aromatic rings. The van der Waals surface area contributed by atoms with Crippen molar-refractivity contribution in [1.82, 2.24) is 25.1 Å². The predicted octanol–water partition coefficient (Wildman–Crippen LogP) is 3.50. The monoisotopic (exact) mass is 651 g/mol. The van der Waals surface area contributed by atoms with Crippen molar-refractivity contribution in [2.75, 3.05) is 62.3 Å². The quantitative estimate of drug-likeness (QED) is 0.236. The zero-order chi connectivity index (χ0) is 32.4.